The van der Waals surface area contributed by atoms with Crippen molar-refractivity contribution in [1.82, 2.24) is 9.97 Å². The number of nitrogens with zero attached hydrogens (tertiary/aromatic N) is 3. The number of hydrogen-bond donors (Lipinski definition) is 2. The highest BCUT2D eigenvalue weighted by Crippen LogP contribution is 2.31. The topological polar surface area (TPSA) is 93.0 Å². The lowest BCUT2D eigenvalue weighted by molar-refractivity contribution is -0.383. The van der Waals surface area contributed by atoms with Gasteiger partial charge in [0.2, 0.25) is 11.6 Å². The van der Waals surface area contributed by atoms with Crippen molar-refractivity contribution in [2.75, 3.05) is 10.6 Å². The van der Waals surface area contributed by atoms with Gasteiger partial charge in [0.25, 0.3) is 0 Å². The minimum Gasteiger partial charge on any atom is -0.360 e. The van der Waals surface area contributed by atoms with E-state index in [4.69, 9.17) is 11.6 Å². The Morgan fingerprint density at radius 1 is 1.04 bits per heavy atom. The molecular weight excluding hydrogens is 378 g/mol. The summed E-state index contributed by atoms with van der Waals surface area (Å²) in [5, 5.41) is 18.3. The summed E-state index contributed by atoms with van der Waals surface area (Å²) < 4.78 is 0. The SMILES string of the molecule is CC(C)c1ccc(Nc2ncnc(NCc3ccc(Cl)cc3)c2[N+](=O)[O-])cc1. The Bertz CT molecular complexity index is 959. The lowest BCUT2D eigenvalue weighted by atomic mass is 10.0. The zero-order chi connectivity index (χ0) is 20.1. The average molecular weight is 398 g/mol. The Morgan fingerprint density at radius 3 is 2.29 bits per heavy atom. The largest absolute Gasteiger partial charge is 0.360 e. The molecule has 7 nitrogen and oxygen atoms in total. The fraction of sp³-hybridized carbons (Fsp3) is 0.200. The number of nitro groups is 1. The molecule has 0 unspecified atom stereocenters. The third-order valence-corrected chi connectivity index (χ3v) is 4.47. The monoisotopic (exact) mass is 397 g/mol. The van der Waals surface area contributed by atoms with Crippen LogP contribution >= 0.6 is 11.6 Å². The van der Waals surface area contributed by atoms with Gasteiger partial charge in [-0.05, 0) is 41.3 Å². The number of nitrogens with one attached hydrogen (secondary N) is 2. The van der Waals surface area contributed by atoms with Gasteiger partial charge in [0.15, 0.2) is 0 Å². The number of rotatable bonds is 7. The lowest BCUT2D eigenvalue weighted by Crippen LogP contribution is -2.08. The third-order valence-electron chi connectivity index (χ3n) is 4.22. The molecule has 2 N–H and O–H groups in total. The quantitative estimate of drug-likeness (QED) is 0.403. The first-order valence-corrected chi connectivity index (χ1v) is 9.16. The fourth-order valence-corrected chi connectivity index (χ4v) is 2.77. The van der Waals surface area contributed by atoms with Crippen molar-refractivity contribution in [1.29, 1.82) is 0 Å². The second-order valence-electron chi connectivity index (χ2n) is 6.56. The second-order valence-corrected chi connectivity index (χ2v) is 6.99. The maximum atomic E-state index is 11.7. The number of hydrogen-bond acceptors (Lipinski definition) is 6. The molecule has 0 aliphatic heterocycles. The summed E-state index contributed by atoms with van der Waals surface area (Å²) >= 11 is 5.88. The molecule has 0 fully saturated rings. The fourth-order valence-electron chi connectivity index (χ4n) is 2.65. The first-order valence-electron chi connectivity index (χ1n) is 8.78. The van der Waals surface area contributed by atoms with Crippen molar-refractivity contribution in [3.8, 4) is 0 Å². The maximum Gasteiger partial charge on any atom is 0.353 e. The Labute approximate surface area is 168 Å². The van der Waals surface area contributed by atoms with E-state index in [0.717, 1.165) is 11.3 Å². The molecule has 0 aliphatic carbocycles. The van der Waals surface area contributed by atoms with Gasteiger partial charge < -0.3 is 10.6 Å². The lowest BCUT2D eigenvalue weighted by Gasteiger charge is -2.11. The maximum absolute atomic E-state index is 11.7. The molecule has 1 aromatic heterocycles. The molecule has 3 rings (SSSR count). The van der Waals surface area contributed by atoms with Crippen molar-refractivity contribution in [3.05, 3.63) is 81.1 Å². The Hall–Kier alpha value is -3.19. The van der Waals surface area contributed by atoms with Crippen LogP contribution in [0.25, 0.3) is 0 Å². The van der Waals surface area contributed by atoms with Gasteiger partial charge in [-0.2, -0.15) is 0 Å². The predicted molar refractivity (Wildman–Crippen MR) is 111 cm³/mol. The van der Waals surface area contributed by atoms with Crippen LogP contribution in [0.1, 0.15) is 30.9 Å². The minimum absolute atomic E-state index is 0.135. The van der Waals surface area contributed by atoms with E-state index in [2.05, 4.69) is 34.4 Å². The number of benzene rings is 2. The first kappa shape index (κ1) is 19.6. The highest BCUT2D eigenvalue weighted by atomic mass is 35.5. The van der Waals surface area contributed by atoms with Crippen molar-refractivity contribution in [3.63, 3.8) is 0 Å². The van der Waals surface area contributed by atoms with E-state index in [1.165, 1.54) is 11.9 Å². The summed E-state index contributed by atoms with van der Waals surface area (Å²) in [6, 6.07) is 14.9. The molecule has 0 saturated carbocycles. The van der Waals surface area contributed by atoms with Crippen molar-refractivity contribution >= 4 is 34.6 Å². The summed E-state index contributed by atoms with van der Waals surface area (Å²) in [7, 11) is 0. The van der Waals surface area contributed by atoms with Crippen LogP contribution in [0.15, 0.2) is 54.9 Å². The molecule has 0 atom stereocenters. The number of anilines is 3. The van der Waals surface area contributed by atoms with Crippen LogP contribution in [-0.4, -0.2) is 14.9 Å². The summed E-state index contributed by atoms with van der Waals surface area (Å²) in [6.07, 6.45) is 1.29. The molecule has 0 bridgehead atoms. The van der Waals surface area contributed by atoms with Gasteiger partial charge in [-0.25, -0.2) is 9.97 Å². The van der Waals surface area contributed by atoms with Gasteiger partial charge in [0.05, 0.1) is 4.92 Å². The Morgan fingerprint density at radius 2 is 1.68 bits per heavy atom. The number of halogens is 1. The molecular formula is C20H20ClN5O2. The van der Waals surface area contributed by atoms with Gasteiger partial charge in [-0.15, -0.1) is 0 Å². The van der Waals surface area contributed by atoms with Crippen LogP contribution in [0.4, 0.5) is 23.0 Å². The zero-order valence-electron chi connectivity index (χ0n) is 15.5. The molecule has 2 aromatic carbocycles. The molecule has 0 spiro atoms. The second kappa shape index (κ2) is 8.67. The van der Waals surface area contributed by atoms with E-state index >= 15 is 0 Å². The predicted octanol–water partition coefficient (Wildman–Crippen LogP) is 5.52. The van der Waals surface area contributed by atoms with Crippen molar-refractivity contribution in [2.24, 2.45) is 0 Å². The summed E-state index contributed by atoms with van der Waals surface area (Å²) in [5.41, 5.74) is 2.63. The van der Waals surface area contributed by atoms with Crippen LogP contribution in [0.5, 0.6) is 0 Å². The molecule has 3 aromatic rings. The number of aromatic nitrogens is 2. The van der Waals surface area contributed by atoms with E-state index in [1.54, 1.807) is 12.1 Å². The van der Waals surface area contributed by atoms with Gasteiger partial charge in [0, 0.05) is 17.3 Å². The van der Waals surface area contributed by atoms with Gasteiger partial charge >= 0.3 is 5.69 Å². The van der Waals surface area contributed by atoms with E-state index in [-0.39, 0.29) is 17.3 Å². The minimum atomic E-state index is -0.491. The van der Waals surface area contributed by atoms with Crippen LogP contribution in [-0.2, 0) is 6.54 Å². The highest BCUT2D eigenvalue weighted by molar-refractivity contribution is 6.30. The molecule has 8 heteroatoms. The molecule has 0 saturated heterocycles. The standard InChI is InChI=1S/C20H20ClN5O2/c1-13(2)15-5-9-17(10-6-15)25-20-18(26(27)28)19(23-12-24-20)22-11-14-3-7-16(21)8-4-14/h3-10,12-13H,11H2,1-2H3,(H2,22,23,24,25). The van der Waals surface area contributed by atoms with Crippen LogP contribution in [0, 0.1) is 10.1 Å². The first-order chi connectivity index (χ1) is 13.4. The molecule has 144 valence electrons. The van der Waals surface area contributed by atoms with Crippen molar-refractivity contribution < 1.29 is 4.92 Å². The molecule has 28 heavy (non-hydrogen) atoms. The van der Waals surface area contributed by atoms with Crippen LogP contribution in [0.3, 0.4) is 0 Å². The Kier molecular flexibility index (Phi) is 6.06. The normalized spacial score (nSPS) is 10.7. The third kappa shape index (κ3) is 4.75. The van der Waals surface area contributed by atoms with E-state index in [0.29, 0.717) is 17.5 Å². The highest BCUT2D eigenvalue weighted by Gasteiger charge is 2.23. The Balaban J connectivity index is 1.82. The smallest absolute Gasteiger partial charge is 0.353 e. The molecule has 0 radical (unpaired) electrons. The van der Waals surface area contributed by atoms with Gasteiger partial charge in [-0.3, -0.25) is 10.1 Å². The van der Waals surface area contributed by atoms with Gasteiger partial charge in [0.1, 0.15) is 6.33 Å². The van der Waals surface area contributed by atoms with Gasteiger partial charge in [-0.1, -0.05) is 49.7 Å². The molecule has 0 aliphatic rings. The van der Waals surface area contributed by atoms with E-state index in [1.807, 2.05) is 36.4 Å². The van der Waals surface area contributed by atoms with Crippen molar-refractivity contribution in [2.45, 2.75) is 26.3 Å². The molecule has 0 amide bonds. The summed E-state index contributed by atoms with van der Waals surface area (Å²) in [6.45, 7) is 4.59. The molecule has 1 heterocycles. The van der Waals surface area contributed by atoms with Crippen LogP contribution < -0.4 is 10.6 Å². The van der Waals surface area contributed by atoms with E-state index < -0.39 is 4.92 Å². The summed E-state index contributed by atoms with van der Waals surface area (Å²) in [5.74, 6) is 0.693. The summed E-state index contributed by atoms with van der Waals surface area (Å²) in [4.78, 5) is 19.3. The zero-order valence-corrected chi connectivity index (χ0v) is 16.3. The van der Waals surface area contributed by atoms with E-state index in [9.17, 15) is 10.1 Å². The average Bonchev–Trinajstić information content (AvgIpc) is 2.68. The van der Waals surface area contributed by atoms with Crippen LogP contribution in [0.2, 0.25) is 5.02 Å².